The number of nitrogen functional groups attached to an aromatic ring is 1. The van der Waals surface area contributed by atoms with Gasteiger partial charge in [-0.05, 0) is 65.8 Å². The Balaban J connectivity index is 1.98. The second kappa shape index (κ2) is 8.09. The molecule has 0 saturated carbocycles. The van der Waals surface area contributed by atoms with Crippen molar-refractivity contribution in [1.82, 2.24) is 10.6 Å². The third-order valence-corrected chi connectivity index (χ3v) is 5.40. The molecular formula is C21H28ClN3O5. The van der Waals surface area contributed by atoms with Gasteiger partial charge in [0, 0.05) is 5.39 Å². The lowest BCUT2D eigenvalue weighted by Gasteiger charge is -2.39. The van der Waals surface area contributed by atoms with Gasteiger partial charge in [0.15, 0.2) is 6.04 Å². The van der Waals surface area contributed by atoms with Crippen molar-refractivity contribution in [3.8, 4) is 0 Å². The molecule has 1 aromatic heterocycles. The summed E-state index contributed by atoms with van der Waals surface area (Å²) in [6.07, 6.45) is 0.573. The smallest absolute Gasteiger partial charge is 0.332 e. The van der Waals surface area contributed by atoms with E-state index in [1.807, 2.05) is 0 Å². The van der Waals surface area contributed by atoms with Gasteiger partial charge in [-0.1, -0.05) is 11.6 Å². The van der Waals surface area contributed by atoms with Crippen LogP contribution in [0, 0.1) is 6.92 Å². The summed E-state index contributed by atoms with van der Waals surface area (Å²) < 4.78 is 11.1. The summed E-state index contributed by atoms with van der Waals surface area (Å²) >= 11 is 6.21. The Hall–Kier alpha value is -2.29. The highest BCUT2D eigenvalue weighted by atomic mass is 35.5. The fourth-order valence-corrected chi connectivity index (χ4v) is 3.82. The van der Waals surface area contributed by atoms with E-state index in [0.717, 1.165) is 0 Å². The summed E-state index contributed by atoms with van der Waals surface area (Å²) in [5.41, 5.74) is 4.49. The molecule has 30 heavy (non-hydrogen) atoms. The highest BCUT2D eigenvalue weighted by Gasteiger charge is 2.45. The zero-order chi connectivity index (χ0) is 22.3. The number of carbonyl (C=O) groups excluding carboxylic acids is 2. The topological polar surface area (TPSA) is 127 Å². The Morgan fingerprint density at radius 2 is 1.97 bits per heavy atom. The van der Waals surface area contributed by atoms with Crippen LogP contribution in [0.25, 0.3) is 11.0 Å². The molecule has 1 aliphatic rings. The van der Waals surface area contributed by atoms with Gasteiger partial charge in [0.1, 0.15) is 16.9 Å². The molecule has 1 amide bonds. The van der Waals surface area contributed by atoms with E-state index < -0.39 is 29.1 Å². The van der Waals surface area contributed by atoms with Crippen LogP contribution in [0.15, 0.2) is 16.5 Å². The van der Waals surface area contributed by atoms with Crippen LogP contribution in [-0.4, -0.2) is 47.3 Å². The van der Waals surface area contributed by atoms with Crippen LogP contribution in [-0.2, 0) is 9.53 Å². The van der Waals surface area contributed by atoms with E-state index in [1.54, 1.807) is 33.8 Å². The van der Waals surface area contributed by atoms with E-state index in [0.29, 0.717) is 29.9 Å². The molecule has 1 fully saturated rings. The number of furan rings is 1. The van der Waals surface area contributed by atoms with E-state index in [1.165, 1.54) is 6.07 Å². The normalized spacial score (nSPS) is 17.5. The first kappa shape index (κ1) is 22.4. The molecule has 9 heteroatoms. The van der Waals surface area contributed by atoms with Crippen LogP contribution < -0.4 is 16.4 Å². The molecule has 0 radical (unpaired) electrons. The quantitative estimate of drug-likeness (QED) is 0.427. The molecule has 164 valence electrons. The Kier molecular flexibility index (Phi) is 6.04. The SMILES string of the molecule is Cc1cc2c(N)c(Cl)cc(C(=O)NC(C(=O)OC(C)(C)C)C3(O)CCNCC3)c2o1. The number of ether oxygens (including phenoxy) is 1. The molecule has 1 unspecified atom stereocenters. The van der Waals surface area contributed by atoms with Crippen LogP contribution in [0.3, 0.4) is 0 Å². The average Bonchev–Trinajstić information content (AvgIpc) is 3.03. The zero-order valence-electron chi connectivity index (χ0n) is 17.6. The Morgan fingerprint density at radius 1 is 1.33 bits per heavy atom. The van der Waals surface area contributed by atoms with Crippen LogP contribution >= 0.6 is 11.6 Å². The molecule has 1 aliphatic heterocycles. The molecule has 1 saturated heterocycles. The van der Waals surface area contributed by atoms with Gasteiger partial charge in [0.05, 0.1) is 21.9 Å². The summed E-state index contributed by atoms with van der Waals surface area (Å²) in [6, 6.07) is 1.84. The number of amides is 1. The summed E-state index contributed by atoms with van der Waals surface area (Å²) in [7, 11) is 0. The van der Waals surface area contributed by atoms with Gasteiger partial charge in [-0.3, -0.25) is 4.79 Å². The maximum absolute atomic E-state index is 13.2. The van der Waals surface area contributed by atoms with Gasteiger partial charge in [0.2, 0.25) is 0 Å². The summed E-state index contributed by atoms with van der Waals surface area (Å²) in [5, 5.41) is 17.7. The minimum atomic E-state index is -1.45. The lowest BCUT2D eigenvalue weighted by molar-refractivity contribution is -0.166. The third-order valence-electron chi connectivity index (χ3n) is 5.09. The summed E-state index contributed by atoms with van der Waals surface area (Å²) in [5.74, 6) is -0.749. The minimum Gasteiger partial charge on any atom is -0.460 e. The second-order valence-corrected chi connectivity index (χ2v) is 9.12. The standard InChI is InChI=1S/C21H28ClN3O5/c1-11-9-12-15(23)14(22)10-13(16(12)29-11)18(26)25-17(19(27)30-20(2,3)4)21(28)5-7-24-8-6-21/h9-10,17,24,28H,5-8,23H2,1-4H3,(H,25,26). The van der Waals surface area contributed by atoms with Crippen LogP contribution in [0.2, 0.25) is 5.02 Å². The number of nitrogens with two attached hydrogens (primary N) is 1. The fraction of sp³-hybridized carbons (Fsp3) is 0.524. The summed E-state index contributed by atoms with van der Waals surface area (Å²) in [6.45, 7) is 7.94. The molecule has 2 aromatic rings. The number of hydrogen-bond donors (Lipinski definition) is 4. The van der Waals surface area contributed by atoms with E-state index in [2.05, 4.69) is 10.6 Å². The molecule has 3 rings (SSSR count). The molecule has 1 atom stereocenters. The predicted octanol–water partition coefficient (Wildman–Crippen LogP) is 2.53. The van der Waals surface area contributed by atoms with E-state index >= 15 is 0 Å². The van der Waals surface area contributed by atoms with Gasteiger partial charge in [0.25, 0.3) is 5.91 Å². The zero-order valence-corrected chi connectivity index (χ0v) is 18.4. The van der Waals surface area contributed by atoms with Crippen LogP contribution in [0.5, 0.6) is 0 Å². The van der Waals surface area contributed by atoms with Crippen LogP contribution in [0.4, 0.5) is 5.69 Å². The molecule has 0 bridgehead atoms. The number of esters is 1. The Morgan fingerprint density at radius 3 is 2.57 bits per heavy atom. The molecule has 8 nitrogen and oxygen atoms in total. The van der Waals surface area contributed by atoms with Gasteiger partial charge in [-0.25, -0.2) is 4.79 Å². The van der Waals surface area contributed by atoms with Gasteiger partial charge < -0.3 is 30.6 Å². The number of benzene rings is 1. The number of aryl methyl sites for hydroxylation is 1. The maximum atomic E-state index is 13.2. The molecule has 5 N–H and O–H groups in total. The molecule has 2 heterocycles. The van der Waals surface area contributed by atoms with E-state index in [-0.39, 0.29) is 29.0 Å². The number of halogens is 1. The maximum Gasteiger partial charge on any atom is 0.332 e. The van der Waals surface area contributed by atoms with Crippen molar-refractivity contribution in [2.24, 2.45) is 0 Å². The van der Waals surface area contributed by atoms with Crippen molar-refractivity contribution >= 4 is 40.1 Å². The molecule has 1 aromatic carbocycles. The number of anilines is 1. The number of rotatable bonds is 4. The highest BCUT2D eigenvalue weighted by Crippen LogP contribution is 2.34. The van der Waals surface area contributed by atoms with Crippen molar-refractivity contribution in [2.45, 2.75) is 57.8 Å². The van der Waals surface area contributed by atoms with Gasteiger partial charge in [-0.15, -0.1) is 0 Å². The number of piperidine rings is 1. The number of aliphatic hydroxyl groups is 1. The van der Waals surface area contributed by atoms with Gasteiger partial charge in [-0.2, -0.15) is 0 Å². The first-order chi connectivity index (χ1) is 13.9. The first-order valence-corrected chi connectivity index (χ1v) is 10.2. The summed E-state index contributed by atoms with van der Waals surface area (Å²) in [4.78, 5) is 26.1. The van der Waals surface area contributed by atoms with E-state index in [4.69, 9.17) is 26.5 Å². The number of carbonyl (C=O) groups is 2. The predicted molar refractivity (Wildman–Crippen MR) is 115 cm³/mol. The van der Waals surface area contributed by atoms with Crippen molar-refractivity contribution < 1.29 is 23.8 Å². The number of hydrogen-bond acceptors (Lipinski definition) is 7. The Bertz CT molecular complexity index is 973. The van der Waals surface area contributed by atoms with E-state index in [9.17, 15) is 14.7 Å². The average molecular weight is 438 g/mol. The fourth-order valence-electron chi connectivity index (χ4n) is 3.61. The van der Waals surface area contributed by atoms with Crippen LogP contribution in [0.1, 0.15) is 49.7 Å². The highest BCUT2D eigenvalue weighted by molar-refractivity contribution is 6.35. The third kappa shape index (κ3) is 4.55. The number of fused-ring (bicyclic) bond motifs is 1. The molecular weight excluding hydrogens is 410 g/mol. The van der Waals surface area contributed by atoms with Crippen molar-refractivity contribution in [3.05, 3.63) is 28.5 Å². The van der Waals surface area contributed by atoms with Crippen molar-refractivity contribution in [1.29, 1.82) is 0 Å². The largest absolute Gasteiger partial charge is 0.460 e. The second-order valence-electron chi connectivity index (χ2n) is 8.71. The molecule has 0 spiro atoms. The van der Waals surface area contributed by atoms with Crippen molar-refractivity contribution in [2.75, 3.05) is 18.8 Å². The monoisotopic (exact) mass is 437 g/mol. The lowest BCUT2D eigenvalue weighted by Crippen LogP contribution is -2.61. The number of nitrogens with one attached hydrogen (secondary N) is 2. The van der Waals surface area contributed by atoms with Gasteiger partial charge >= 0.3 is 5.97 Å². The lowest BCUT2D eigenvalue weighted by atomic mass is 9.84. The van der Waals surface area contributed by atoms with Crippen molar-refractivity contribution in [3.63, 3.8) is 0 Å². The first-order valence-electron chi connectivity index (χ1n) is 9.86. The Labute approximate surface area is 180 Å². The molecule has 0 aliphatic carbocycles. The minimum absolute atomic E-state index is 0.128.